The predicted octanol–water partition coefficient (Wildman–Crippen LogP) is 3.80. The van der Waals surface area contributed by atoms with Gasteiger partial charge in [0.05, 0.1) is 10.9 Å². The quantitative estimate of drug-likeness (QED) is 0.653. The number of aryl methyl sites for hydroxylation is 1. The summed E-state index contributed by atoms with van der Waals surface area (Å²) in [5.41, 5.74) is 3.32. The highest BCUT2D eigenvalue weighted by Gasteiger charge is 2.37. The van der Waals surface area contributed by atoms with Crippen molar-refractivity contribution in [3.05, 3.63) is 101 Å². The molecule has 148 valence electrons. The van der Waals surface area contributed by atoms with Crippen molar-refractivity contribution in [1.82, 2.24) is 5.32 Å². The van der Waals surface area contributed by atoms with Crippen molar-refractivity contribution in [2.24, 2.45) is 0 Å². The fourth-order valence-electron chi connectivity index (χ4n) is 3.56. The number of hydrogen-bond donors (Lipinski definition) is 1. The molecular formula is C23H21NO4S. The predicted molar refractivity (Wildman–Crippen MR) is 110 cm³/mol. The van der Waals surface area contributed by atoms with Gasteiger partial charge in [0.25, 0.3) is 16.0 Å². The minimum atomic E-state index is -3.96. The molecule has 3 aromatic carbocycles. The zero-order valence-corrected chi connectivity index (χ0v) is 16.7. The lowest BCUT2D eigenvalue weighted by atomic mass is 10.1. The van der Waals surface area contributed by atoms with Gasteiger partial charge in [0.1, 0.15) is 6.10 Å². The van der Waals surface area contributed by atoms with Crippen LogP contribution in [-0.2, 0) is 20.7 Å². The summed E-state index contributed by atoms with van der Waals surface area (Å²) in [6.07, 6.45) is -0.313. The number of carbonyl (C=O) groups excluding carboxylic acids is 1. The Morgan fingerprint density at radius 1 is 0.931 bits per heavy atom. The number of hydrogen-bond acceptors (Lipinski definition) is 4. The fraction of sp³-hybridized carbons (Fsp3) is 0.174. The highest BCUT2D eigenvalue weighted by molar-refractivity contribution is 7.86. The van der Waals surface area contributed by atoms with Crippen LogP contribution in [0.15, 0.2) is 83.8 Å². The van der Waals surface area contributed by atoms with Gasteiger partial charge in [0, 0.05) is 12.0 Å². The van der Waals surface area contributed by atoms with E-state index < -0.39 is 22.3 Å². The molecule has 1 N–H and O–H groups in total. The van der Waals surface area contributed by atoms with Crippen molar-refractivity contribution in [3.8, 4) is 0 Å². The first kappa shape index (κ1) is 19.4. The topological polar surface area (TPSA) is 72.5 Å². The highest BCUT2D eigenvalue weighted by Crippen LogP contribution is 2.35. The average molecular weight is 407 g/mol. The van der Waals surface area contributed by atoms with E-state index in [1.807, 2.05) is 37.3 Å². The monoisotopic (exact) mass is 407 g/mol. The molecular weight excluding hydrogens is 386 g/mol. The zero-order valence-electron chi connectivity index (χ0n) is 15.9. The Labute approximate surface area is 170 Å². The molecule has 3 aromatic rings. The molecule has 0 heterocycles. The fourth-order valence-corrected chi connectivity index (χ4v) is 4.64. The Morgan fingerprint density at radius 3 is 2.31 bits per heavy atom. The van der Waals surface area contributed by atoms with E-state index in [1.165, 1.54) is 12.1 Å². The van der Waals surface area contributed by atoms with Crippen LogP contribution in [0.3, 0.4) is 0 Å². The molecule has 4 rings (SSSR count). The maximum atomic E-state index is 12.8. The SMILES string of the molecule is Cc1ccc(S(=O)(=O)O[C@H]2Cc3ccccc3[C@H]2NC(=O)c2ccccc2)cc1. The van der Waals surface area contributed by atoms with E-state index in [4.69, 9.17) is 4.18 Å². The van der Waals surface area contributed by atoms with E-state index >= 15 is 0 Å². The molecule has 6 heteroatoms. The molecule has 1 amide bonds. The van der Waals surface area contributed by atoms with Crippen LogP contribution in [0.5, 0.6) is 0 Å². The summed E-state index contributed by atoms with van der Waals surface area (Å²) in [6.45, 7) is 1.89. The van der Waals surface area contributed by atoms with Crippen LogP contribution >= 0.6 is 0 Å². The third-order valence-corrected chi connectivity index (χ3v) is 6.42. The van der Waals surface area contributed by atoms with Crippen LogP contribution in [0.2, 0.25) is 0 Å². The lowest BCUT2D eigenvalue weighted by Gasteiger charge is -2.22. The molecule has 0 aliphatic heterocycles. The second kappa shape index (κ2) is 7.81. The van der Waals surface area contributed by atoms with Crippen molar-refractivity contribution < 1.29 is 17.4 Å². The van der Waals surface area contributed by atoms with Crippen molar-refractivity contribution >= 4 is 16.0 Å². The standard InChI is InChI=1S/C23H21NO4S/c1-16-11-13-19(14-12-16)29(26,27)28-21-15-18-9-5-6-10-20(18)22(21)24-23(25)17-7-3-2-4-8-17/h2-14,21-22H,15H2,1H3,(H,24,25)/t21-,22+/m0/s1. The van der Waals surface area contributed by atoms with Gasteiger partial charge < -0.3 is 5.32 Å². The van der Waals surface area contributed by atoms with E-state index in [0.29, 0.717) is 12.0 Å². The van der Waals surface area contributed by atoms with E-state index in [2.05, 4.69) is 5.32 Å². The van der Waals surface area contributed by atoms with Gasteiger partial charge in [-0.25, -0.2) is 0 Å². The normalized spacial score (nSPS) is 18.2. The second-order valence-corrected chi connectivity index (χ2v) is 8.69. The molecule has 0 saturated carbocycles. The van der Waals surface area contributed by atoms with Crippen molar-refractivity contribution in [3.63, 3.8) is 0 Å². The number of fused-ring (bicyclic) bond motifs is 1. The van der Waals surface area contributed by atoms with Crippen LogP contribution in [0.25, 0.3) is 0 Å². The summed E-state index contributed by atoms with van der Waals surface area (Å²) in [4.78, 5) is 12.8. The van der Waals surface area contributed by atoms with Gasteiger partial charge in [-0.15, -0.1) is 0 Å². The van der Waals surface area contributed by atoms with Crippen LogP contribution in [0.1, 0.15) is 33.1 Å². The summed E-state index contributed by atoms with van der Waals surface area (Å²) in [6, 6.07) is 22.4. The summed E-state index contributed by atoms with van der Waals surface area (Å²) in [7, 11) is -3.96. The minimum Gasteiger partial charge on any atom is -0.343 e. The molecule has 0 aromatic heterocycles. The maximum absolute atomic E-state index is 12.8. The summed E-state index contributed by atoms with van der Waals surface area (Å²) in [5.74, 6) is -0.270. The molecule has 2 atom stereocenters. The van der Waals surface area contributed by atoms with Crippen molar-refractivity contribution in [2.75, 3.05) is 0 Å². The number of carbonyl (C=O) groups is 1. The molecule has 1 aliphatic rings. The smallest absolute Gasteiger partial charge is 0.297 e. The number of rotatable bonds is 5. The first-order chi connectivity index (χ1) is 13.9. The van der Waals surface area contributed by atoms with Gasteiger partial charge in [-0.1, -0.05) is 60.2 Å². The Morgan fingerprint density at radius 2 is 1.59 bits per heavy atom. The average Bonchev–Trinajstić information content (AvgIpc) is 3.05. The molecule has 5 nitrogen and oxygen atoms in total. The molecule has 0 unspecified atom stereocenters. The summed E-state index contributed by atoms with van der Waals surface area (Å²) >= 11 is 0. The number of nitrogens with one attached hydrogen (secondary N) is 1. The largest absolute Gasteiger partial charge is 0.343 e. The molecule has 0 fully saturated rings. The Hall–Kier alpha value is -2.96. The first-order valence-corrected chi connectivity index (χ1v) is 10.8. The van der Waals surface area contributed by atoms with Gasteiger partial charge >= 0.3 is 0 Å². The van der Waals surface area contributed by atoms with E-state index in [-0.39, 0.29) is 10.8 Å². The van der Waals surface area contributed by atoms with Crippen LogP contribution in [0.4, 0.5) is 0 Å². The van der Waals surface area contributed by atoms with Gasteiger partial charge in [0.2, 0.25) is 0 Å². The highest BCUT2D eigenvalue weighted by atomic mass is 32.2. The van der Waals surface area contributed by atoms with Gasteiger partial charge in [0.15, 0.2) is 0 Å². The van der Waals surface area contributed by atoms with Crippen LogP contribution in [0, 0.1) is 6.92 Å². The Kier molecular flexibility index (Phi) is 5.22. The van der Waals surface area contributed by atoms with Crippen LogP contribution < -0.4 is 5.32 Å². The number of benzene rings is 3. The molecule has 0 radical (unpaired) electrons. The van der Waals surface area contributed by atoms with Crippen LogP contribution in [-0.4, -0.2) is 20.4 Å². The molecule has 1 aliphatic carbocycles. The van der Waals surface area contributed by atoms with E-state index in [1.54, 1.807) is 36.4 Å². The Balaban J connectivity index is 1.61. The second-order valence-electron chi connectivity index (χ2n) is 7.12. The molecule has 29 heavy (non-hydrogen) atoms. The lowest BCUT2D eigenvalue weighted by molar-refractivity contribution is 0.0888. The molecule has 0 bridgehead atoms. The van der Waals surface area contributed by atoms with Crippen molar-refractivity contribution in [2.45, 2.75) is 30.4 Å². The summed E-state index contributed by atoms with van der Waals surface area (Å²) < 4.78 is 31.2. The minimum absolute atomic E-state index is 0.104. The van der Waals surface area contributed by atoms with Gasteiger partial charge in [-0.05, 0) is 42.3 Å². The third kappa shape index (κ3) is 4.09. The summed E-state index contributed by atoms with van der Waals surface area (Å²) in [5, 5.41) is 2.96. The van der Waals surface area contributed by atoms with Gasteiger partial charge in [-0.2, -0.15) is 8.42 Å². The lowest BCUT2D eigenvalue weighted by Crippen LogP contribution is -2.36. The molecule has 0 spiro atoms. The van der Waals surface area contributed by atoms with Gasteiger partial charge in [-0.3, -0.25) is 8.98 Å². The Bertz CT molecular complexity index is 1130. The zero-order chi connectivity index (χ0) is 20.4. The third-order valence-electron chi connectivity index (χ3n) is 5.07. The first-order valence-electron chi connectivity index (χ1n) is 9.38. The van der Waals surface area contributed by atoms with E-state index in [9.17, 15) is 13.2 Å². The van der Waals surface area contributed by atoms with E-state index in [0.717, 1.165) is 16.7 Å². The molecule has 0 saturated heterocycles. The maximum Gasteiger partial charge on any atom is 0.297 e. The van der Waals surface area contributed by atoms with Crippen molar-refractivity contribution in [1.29, 1.82) is 0 Å². The number of amides is 1.